The molecule has 0 heterocycles. The highest BCUT2D eigenvalue weighted by molar-refractivity contribution is 5.74. The number of hydrogen-bond acceptors (Lipinski definition) is 3. The second-order valence-corrected chi connectivity index (χ2v) is 6.57. The molecule has 2 atom stereocenters. The van der Waals surface area contributed by atoms with E-state index in [1.54, 1.807) is 0 Å². The molecule has 1 aliphatic rings. The zero-order valence-electron chi connectivity index (χ0n) is 13.9. The number of carboxylic acid groups (broad SMARTS) is 1. The first-order valence-electron chi connectivity index (χ1n) is 8.48. The predicted octanol–water partition coefficient (Wildman–Crippen LogP) is 2.44. The Morgan fingerprint density at radius 2 is 1.79 bits per heavy atom. The van der Waals surface area contributed by atoms with Crippen molar-refractivity contribution in [1.82, 2.24) is 10.6 Å². The molecular formula is C18H26N2O4. The first-order valence-corrected chi connectivity index (χ1v) is 8.48. The quantitative estimate of drug-likeness (QED) is 0.642. The van der Waals surface area contributed by atoms with Gasteiger partial charge in [0.05, 0.1) is 12.0 Å². The van der Waals surface area contributed by atoms with E-state index in [0.29, 0.717) is 32.1 Å². The average Bonchev–Trinajstić information content (AvgIpc) is 2.55. The maximum atomic E-state index is 12.0. The maximum absolute atomic E-state index is 12.0. The van der Waals surface area contributed by atoms with Gasteiger partial charge in [0.15, 0.2) is 0 Å². The highest BCUT2D eigenvalue weighted by Gasteiger charge is 2.27. The Morgan fingerprint density at radius 3 is 2.38 bits per heavy atom. The van der Waals surface area contributed by atoms with Crippen molar-refractivity contribution < 1.29 is 19.8 Å². The Labute approximate surface area is 142 Å². The molecule has 24 heavy (non-hydrogen) atoms. The Morgan fingerprint density at radius 1 is 1.17 bits per heavy atom. The van der Waals surface area contributed by atoms with Gasteiger partial charge in [-0.15, -0.1) is 0 Å². The topological polar surface area (TPSA) is 98.7 Å². The molecule has 0 aromatic heterocycles. The van der Waals surface area contributed by atoms with Crippen LogP contribution >= 0.6 is 0 Å². The molecule has 2 rings (SSSR count). The van der Waals surface area contributed by atoms with Gasteiger partial charge < -0.3 is 20.8 Å². The van der Waals surface area contributed by atoms with Gasteiger partial charge in [0, 0.05) is 12.1 Å². The molecule has 6 nitrogen and oxygen atoms in total. The summed E-state index contributed by atoms with van der Waals surface area (Å²) in [6.07, 6.45) is 2.39. The van der Waals surface area contributed by atoms with Crippen LogP contribution in [0.25, 0.3) is 0 Å². The lowest BCUT2D eigenvalue weighted by Gasteiger charge is -2.27. The molecule has 2 amide bonds. The number of aliphatic hydroxyl groups is 1. The minimum Gasteiger partial charge on any atom is -0.481 e. The SMILES string of the molecule is CC(CC(O)c1ccccc1)NC(=O)NC1CCC(C(=O)O)CC1. The molecule has 0 saturated heterocycles. The number of amides is 2. The van der Waals surface area contributed by atoms with E-state index >= 15 is 0 Å². The van der Waals surface area contributed by atoms with Crippen LogP contribution in [0.2, 0.25) is 0 Å². The molecule has 4 N–H and O–H groups in total. The Balaban J connectivity index is 1.71. The first kappa shape index (κ1) is 18.3. The van der Waals surface area contributed by atoms with E-state index in [2.05, 4.69) is 10.6 Å². The van der Waals surface area contributed by atoms with Gasteiger partial charge in [-0.1, -0.05) is 30.3 Å². The van der Waals surface area contributed by atoms with Crippen LogP contribution in [0, 0.1) is 5.92 Å². The lowest BCUT2D eigenvalue weighted by molar-refractivity contribution is -0.142. The summed E-state index contributed by atoms with van der Waals surface area (Å²) < 4.78 is 0. The number of urea groups is 1. The molecule has 0 spiro atoms. The number of rotatable bonds is 6. The van der Waals surface area contributed by atoms with Crippen LogP contribution < -0.4 is 10.6 Å². The molecular weight excluding hydrogens is 308 g/mol. The number of benzene rings is 1. The van der Waals surface area contributed by atoms with Crippen molar-refractivity contribution in [3.8, 4) is 0 Å². The number of aliphatic carboxylic acids is 1. The van der Waals surface area contributed by atoms with Gasteiger partial charge in [0.25, 0.3) is 0 Å². The molecule has 1 aromatic carbocycles. The van der Waals surface area contributed by atoms with Crippen molar-refractivity contribution in [2.24, 2.45) is 5.92 Å². The maximum Gasteiger partial charge on any atom is 0.315 e. The van der Waals surface area contributed by atoms with Gasteiger partial charge in [-0.2, -0.15) is 0 Å². The smallest absolute Gasteiger partial charge is 0.315 e. The fourth-order valence-corrected chi connectivity index (χ4v) is 3.14. The van der Waals surface area contributed by atoms with Gasteiger partial charge in [-0.25, -0.2) is 4.79 Å². The third-order valence-electron chi connectivity index (χ3n) is 4.55. The minimum absolute atomic E-state index is 0.0202. The number of nitrogens with one attached hydrogen (secondary N) is 2. The summed E-state index contributed by atoms with van der Waals surface area (Å²) in [7, 11) is 0. The van der Waals surface area contributed by atoms with E-state index in [1.807, 2.05) is 37.3 Å². The third kappa shape index (κ3) is 5.53. The predicted molar refractivity (Wildman–Crippen MR) is 90.5 cm³/mol. The van der Waals surface area contributed by atoms with Crippen LogP contribution in [0.5, 0.6) is 0 Å². The molecule has 1 saturated carbocycles. The fraction of sp³-hybridized carbons (Fsp3) is 0.556. The van der Waals surface area contributed by atoms with Crippen LogP contribution in [-0.2, 0) is 4.79 Å². The number of hydrogen-bond donors (Lipinski definition) is 4. The third-order valence-corrected chi connectivity index (χ3v) is 4.55. The zero-order chi connectivity index (χ0) is 17.5. The molecule has 0 aliphatic heterocycles. The number of carboxylic acids is 1. The number of carbonyl (C=O) groups excluding carboxylic acids is 1. The summed E-state index contributed by atoms with van der Waals surface area (Å²) in [6.45, 7) is 1.85. The molecule has 1 aromatic rings. The Bertz CT molecular complexity index is 541. The summed E-state index contributed by atoms with van der Waals surface area (Å²) in [4.78, 5) is 23.0. The monoisotopic (exact) mass is 334 g/mol. The Kier molecular flexibility index (Phi) is 6.61. The molecule has 6 heteroatoms. The lowest BCUT2D eigenvalue weighted by Crippen LogP contribution is -2.47. The molecule has 2 unspecified atom stereocenters. The van der Waals surface area contributed by atoms with Gasteiger partial charge in [0.1, 0.15) is 0 Å². The van der Waals surface area contributed by atoms with Crippen molar-refractivity contribution in [3.63, 3.8) is 0 Å². The van der Waals surface area contributed by atoms with Crippen LogP contribution in [-0.4, -0.2) is 34.3 Å². The van der Waals surface area contributed by atoms with E-state index in [-0.39, 0.29) is 24.0 Å². The van der Waals surface area contributed by atoms with Crippen LogP contribution in [0.15, 0.2) is 30.3 Å². The van der Waals surface area contributed by atoms with E-state index in [9.17, 15) is 14.7 Å². The molecule has 1 fully saturated rings. The summed E-state index contributed by atoms with van der Waals surface area (Å²) in [5.41, 5.74) is 0.832. The average molecular weight is 334 g/mol. The van der Waals surface area contributed by atoms with E-state index < -0.39 is 12.1 Å². The van der Waals surface area contributed by atoms with Gasteiger partial charge >= 0.3 is 12.0 Å². The number of aliphatic hydroxyl groups excluding tert-OH is 1. The lowest BCUT2D eigenvalue weighted by atomic mass is 9.86. The van der Waals surface area contributed by atoms with Crippen molar-refractivity contribution in [3.05, 3.63) is 35.9 Å². The molecule has 0 bridgehead atoms. The molecule has 1 aliphatic carbocycles. The van der Waals surface area contributed by atoms with Gasteiger partial charge in [-0.3, -0.25) is 4.79 Å². The summed E-state index contributed by atoms with van der Waals surface area (Å²) in [5, 5.41) is 24.9. The number of carbonyl (C=O) groups is 2. The summed E-state index contributed by atoms with van der Waals surface area (Å²) >= 11 is 0. The zero-order valence-corrected chi connectivity index (χ0v) is 13.9. The first-order chi connectivity index (χ1) is 11.5. The van der Waals surface area contributed by atoms with Crippen molar-refractivity contribution in [2.45, 2.75) is 57.2 Å². The van der Waals surface area contributed by atoms with Gasteiger partial charge in [-0.05, 0) is 44.6 Å². The van der Waals surface area contributed by atoms with E-state index in [0.717, 1.165) is 5.56 Å². The second-order valence-electron chi connectivity index (χ2n) is 6.57. The fourth-order valence-electron chi connectivity index (χ4n) is 3.14. The minimum atomic E-state index is -0.749. The van der Waals surface area contributed by atoms with Crippen molar-refractivity contribution >= 4 is 12.0 Å². The summed E-state index contributed by atoms with van der Waals surface area (Å²) in [6, 6.07) is 8.94. The Hall–Kier alpha value is -2.08. The summed E-state index contributed by atoms with van der Waals surface area (Å²) in [5.74, 6) is -1.03. The molecule has 0 radical (unpaired) electrons. The normalized spacial score (nSPS) is 23.1. The van der Waals surface area contributed by atoms with Crippen LogP contribution in [0.4, 0.5) is 4.79 Å². The van der Waals surface area contributed by atoms with Crippen molar-refractivity contribution in [2.75, 3.05) is 0 Å². The second kappa shape index (κ2) is 8.68. The highest BCUT2D eigenvalue weighted by atomic mass is 16.4. The van der Waals surface area contributed by atoms with Crippen LogP contribution in [0.3, 0.4) is 0 Å². The van der Waals surface area contributed by atoms with Crippen LogP contribution in [0.1, 0.15) is 50.7 Å². The largest absolute Gasteiger partial charge is 0.481 e. The van der Waals surface area contributed by atoms with E-state index in [1.165, 1.54) is 0 Å². The van der Waals surface area contributed by atoms with Gasteiger partial charge in [0.2, 0.25) is 0 Å². The van der Waals surface area contributed by atoms with Crippen molar-refractivity contribution in [1.29, 1.82) is 0 Å². The molecule has 132 valence electrons. The standard InChI is InChI=1S/C18H26N2O4/c1-12(11-16(21)13-5-3-2-4-6-13)19-18(24)20-15-9-7-14(8-10-15)17(22)23/h2-6,12,14-16,21H,7-11H2,1H3,(H,22,23)(H2,19,20,24). The van der Waals surface area contributed by atoms with E-state index in [4.69, 9.17) is 5.11 Å². The highest BCUT2D eigenvalue weighted by Crippen LogP contribution is 2.24.